The molecule has 0 aliphatic carbocycles. The molecule has 0 saturated heterocycles. The summed E-state index contributed by atoms with van der Waals surface area (Å²) in [6, 6.07) is 20.3. The summed E-state index contributed by atoms with van der Waals surface area (Å²) in [5.41, 5.74) is 3.94. The van der Waals surface area contributed by atoms with Crippen molar-refractivity contribution in [3.63, 3.8) is 0 Å². The van der Waals surface area contributed by atoms with Gasteiger partial charge in [0.05, 0.1) is 22.3 Å². The number of fused-ring (bicyclic) bond motifs is 1. The number of benzene rings is 3. The van der Waals surface area contributed by atoms with Crippen molar-refractivity contribution < 1.29 is 4.79 Å². The minimum absolute atomic E-state index is 0.108. The van der Waals surface area contributed by atoms with E-state index in [4.69, 9.17) is 11.6 Å². The van der Waals surface area contributed by atoms with Crippen LogP contribution < -0.4 is 10.9 Å². The summed E-state index contributed by atoms with van der Waals surface area (Å²) in [6.07, 6.45) is 0. The maximum Gasteiger partial charge on any atom is 0.266 e. The van der Waals surface area contributed by atoms with Crippen molar-refractivity contribution in [1.29, 1.82) is 0 Å². The molecule has 0 radical (unpaired) electrons. The fourth-order valence-corrected chi connectivity index (χ4v) is 4.70. The van der Waals surface area contributed by atoms with Crippen LogP contribution in [0.3, 0.4) is 0 Å². The Labute approximate surface area is 201 Å². The number of anilines is 1. The Kier molecular flexibility index (Phi) is 6.86. The summed E-state index contributed by atoms with van der Waals surface area (Å²) in [7, 11) is 0. The zero-order valence-corrected chi connectivity index (χ0v) is 20.2. The van der Waals surface area contributed by atoms with Crippen molar-refractivity contribution in [3.8, 4) is 5.69 Å². The second-order valence-corrected chi connectivity index (χ2v) is 9.44. The van der Waals surface area contributed by atoms with Crippen molar-refractivity contribution in [2.45, 2.75) is 31.8 Å². The molecular weight excluding hydrogens is 454 g/mol. The van der Waals surface area contributed by atoms with Gasteiger partial charge in [-0.25, -0.2) is 4.98 Å². The fourth-order valence-electron chi connectivity index (χ4n) is 3.70. The summed E-state index contributed by atoms with van der Waals surface area (Å²) in [6.45, 7) is 6.18. The number of thioether (sulfide) groups is 1. The van der Waals surface area contributed by atoms with E-state index < -0.39 is 0 Å². The number of rotatable bonds is 6. The summed E-state index contributed by atoms with van der Waals surface area (Å²) >= 11 is 7.40. The molecule has 0 fully saturated rings. The van der Waals surface area contributed by atoms with E-state index in [1.54, 1.807) is 36.4 Å². The minimum Gasteiger partial charge on any atom is -0.325 e. The van der Waals surface area contributed by atoms with Gasteiger partial charge in [-0.3, -0.25) is 14.2 Å². The lowest BCUT2D eigenvalue weighted by Gasteiger charge is -2.17. The third-order valence-corrected chi connectivity index (χ3v) is 6.51. The second kappa shape index (κ2) is 9.81. The predicted molar refractivity (Wildman–Crippen MR) is 137 cm³/mol. The number of hydrogen-bond donors (Lipinski definition) is 1. The Morgan fingerprint density at radius 1 is 1.09 bits per heavy atom. The molecule has 0 aliphatic heterocycles. The lowest BCUT2D eigenvalue weighted by molar-refractivity contribution is -0.113. The van der Waals surface area contributed by atoms with Crippen LogP contribution in [0.5, 0.6) is 0 Å². The van der Waals surface area contributed by atoms with Crippen molar-refractivity contribution in [2.75, 3.05) is 11.1 Å². The summed E-state index contributed by atoms with van der Waals surface area (Å²) < 4.78 is 1.51. The van der Waals surface area contributed by atoms with Crippen LogP contribution >= 0.6 is 23.4 Å². The number of hydrogen-bond acceptors (Lipinski definition) is 4. The highest BCUT2D eigenvalue weighted by atomic mass is 35.5. The van der Waals surface area contributed by atoms with Crippen LogP contribution in [-0.2, 0) is 4.79 Å². The molecule has 5 nitrogen and oxygen atoms in total. The number of nitrogens with zero attached hydrogens (tertiary/aromatic N) is 2. The van der Waals surface area contributed by atoms with Crippen molar-refractivity contribution in [3.05, 3.63) is 93.2 Å². The third kappa shape index (κ3) is 4.97. The number of amides is 1. The van der Waals surface area contributed by atoms with Crippen LogP contribution in [0, 0.1) is 6.92 Å². The van der Waals surface area contributed by atoms with E-state index in [-0.39, 0.29) is 23.1 Å². The van der Waals surface area contributed by atoms with Crippen LogP contribution in [0.2, 0.25) is 5.02 Å². The number of para-hydroxylation sites is 2. The molecule has 0 bridgehead atoms. The molecule has 0 saturated carbocycles. The first-order valence-electron chi connectivity index (χ1n) is 10.6. The monoisotopic (exact) mass is 477 g/mol. The minimum atomic E-state index is -0.202. The van der Waals surface area contributed by atoms with Gasteiger partial charge in [0, 0.05) is 10.7 Å². The van der Waals surface area contributed by atoms with Crippen LogP contribution in [0.25, 0.3) is 16.6 Å². The molecule has 7 heteroatoms. The highest BCUT2D eigenvalue weighted by Crippen LogP contribution is 2.28. The second-order valence-electron chi connectivity index (χ2n) is 8.06. The first-order chi connectivity index (χ1) is 15.8. The van der Waals surface area contributed by atoms with Crippen molar-refractivity contribution >= 4 is 45.9 Å². The number of aromatic nitrogens is 2. The van der Waals surface area contributed by atoms with Gasteiger partial charge in [0.2, 0.25) is 5.91 Å². The molecule has 168 valence electrons. The predicted octanol–water partition coefficient (Wildman–Crippen LogP) is 6.20. The number of halogens is 1. The van der Waals surface area contributed by atoms with Gasteiger partial charge >= 0.3 is 0 Å². The van der Waals surface area contributed by atoms with E-state index in [1.165, 1.54) is 16.3 Å². The topological polar surface area (TPSA) is 64.0 Å². The molecule has 1 aromatic heterocycles. The molecule has 1 heterocycles. The molecule has 0 unspecified atom stereocenters. The SMILES string of the molecule is Cc1cccc(C(C)C)c1NC(=O)CSc1nc2ccccc2c(=O)n1-c1cccc(Cl)c1. The van der Waals surface area contributed by atoms with Crippen molar-refractivity contribution in [1.82, 2.24) is 9.55 Å². The Balaban J connectivity index is 1.67. The van der Waals surface area contributed by atoms with E-state index >= 15 is 0 Å². The van der Waals surface area contributed by atoms with Crippen LogP contribution in [-0.4, -0.2) is 21.2 Å². The first-order valence-corrected chi connectivity index (χ1v) is 12.0. The summed E-state index contributed by atoms with van der Waals surface area (Å²) in [5, 5.41) is 4.51. The third-order valence-electron chi connectivity index (χ3n) is 5.34. The van der Waals surface area contributed by atoms with E-state index in [1.807, 2.05) is 37.3 Å². The van der Waals surface area contributed by atoms with Gasteiger partial charge in [0.15, 0.2) is 5.16 Å². The van der Waals surface area contributed by atoms with Crippen LogP contribution in [0.4, 0.5) is 5.69 Å². The highest BCUT2D eigenvalue weighted by Gasteiger charge is 2.17. The standard InChI is InChI=1S/C26H24ClN3O2S/c1-16(2)20-12-6-8-17(3)24(20)29-23(31)15-33-26-28-22-13-5-4-11-21(22)25(32)30(26)19-10-7-9-18(27)14-19/h4-14,16H,15H2,1-3H3,(H,29,31). The lowest BCUT2D eigenvalue weighted by Crippen LogP contribution is -2.23. The fraction of sp³-hybridized carbons (Fsp3) is 0.192. The molecule has 4 rings (SSSR count). The quantitative estimate of drug-likeness (QED) is 0.265. The summed E-state index contributed by atoms with van der Waals surface area (Å²) in [5.74, 6) is 0.233. The highest BCUT2D eigenvalue weighted by molar-refractivity contribution is 7.99. The van der Waals surface area contributed by atoms with E-state index in [2.05, 4.69) is 24.1 Å². The van der Waals surface area contributed by atoms with Gasteiger partial charge in [0.1, 0.15) is 0 Å². The summed E-state index contributed by atoms with van der Waals surface area (Å²) in [4.78, 5) is 30.9. The Hall–Kier alpha value is -3.09. The zero-order chi connectivity index (χ0) is 23.5. The van der Waals surface area contributed by atoms with Gasteiger partial charge in [-0.1, -0.05) is 73.6 Å². The van der Waals surface area contributed by atoms with Gasteiger partial charge in [0.25, 0.3) is 5.56 Å². The molecule has 1 amide bonds. The smallest absolute Gasteiger partial charge is 0.266 e. The van der Waals surface area contributed by atoms with Gasteiger partial charge in [-0.2, -0.15) is 0 Å². The number of aryl methyl sites for hydroxylation is 1. The Morgan fingerprint density at radius 2 is 1.85 bits per heavy atom. The average Bonchev–Trinajstić information content (AvgIpc) is 2.79. The molecule has 0 aliphatic rings. The molecule has 3 aromatic carbocycles. The van der Waals surface area contributed by atoms with Gasteiger partial charge in [-0.05, 0) is 54.3 Å². The lowest BCUT2D eigenvalue weighted by atomic mass is 9.98. The van der Waals surface area contributed by atoms with Crippen LogP contribution in [0.1, 0.15) is 30.9 Å². The normalized spacial score (nSPS) is 11.2. The van der Waals surface area contributed by atoms with Crippen molar-refractivity contribution in [2.24, 2.45) is 0 Å². The van der Waals surface area contributed by atoms with E-state index in [0.29, 0.717) is 26.8 Å². The number of carbonyl (C=O) groups is 1. The Morgan fingerprint density at radius 3 is 2.61 bits per heavy atom. The number of nitrogens with one attached hydrogen (secondary N) is 1. The van der Waals surface area contributed by atoms with Crippen LogP contribution in [0.15, 0.2) is 76.7 Å². The molecule has 0 spiro atoms. The maximum atomic E-state index is 13.3. The molecule has 1 N–H and O–H groups in total. The van der Waals surface area contributed by atoms with E-state index in [9.17, 15) is 9.59 Å². The molecule has 33 heavy (non-hydrogen) atoms. The largest absolute Gasteiger partial charge is 0.325 e. The average molecular weight is 478 g/mol. The van der Waals surface area contributed by atoms with Gasteiger partial charge < -0.3 is 5.32 Å². The molecule has 4 aromatic rings. The van der Waals surface area contributed by atoms with Gasteiger partial charge in [-0.15, -0.1) is 0 Å². The zero-order valence-electron chi connectivity index (χ0n) is 18.6. The number of carbonyl (C=O) groups excluding carboxylic acids is 1. The molecule has 0 atom stereocenters. The Bertz CT molecular complexity index is 1400. The van der Waals surface area contributed by atoms with E-state index in [0.717, 1.165) is 16.8 Å². The molecular formula is C26H24ClN3O2S. The first kappa shape index (κ1) is 23.1. The maximum absolute atomic E-state index is 13.3.